The van der Waals surface area contributed by atoms with Gasteiger partial charge in [-0.2, -0.15) is 0 Å². The van der Waals surface area contributed by atoms with Gasteiger partial charge in [0, 0.05) is 11.9 Å². The van der Waals surface area contributed by atoms with Crippen molar-refractivity contribution in [3.8, 4) is 0 Å². The maximum Gasteiger partial charge on any atom is 0.271 e. The third-order valence-corrected chi connectivity index (χ3v) is 3.47. The SMILES string of the molecule is CCCNc1ccc(Cl)c(C(=O)NCc2cscn2)n1. The van der Waals surface area contributed by atoms with Crippen LogP contribution in [0, 0.1) is 0 Å². The summed E-state index contributed by atoms with van der Waals surface area (Å²) in [7, 11) is 0. The zero-order chi connectivity index (χ0) is 14.4. The van der Waals surface area contributed by atoms with Crippen molar-refractivity contribution < 1.29 is 4.79 Å². The summed E-state index contributed by atoms with van der Waals surface area (Å²) < 4.78 is 0. The van der Waals surface area contributed by atoms with Gasteiger partial charge in [0.15, 0.2) is 0 Å². The number of hydrogen-bond acceptors (Lipinski definition) is 5. The van der Waals surface area contributed by atoms with E-state index in [2.05, 4.69) is 27.5 Å². The molecule has 2 rings (SSSR count). The summed E-state index contributed by atoms with van der Waals surface area (Å²) in [4.78, 5) is 20.4. The number of rotatable bonds is 6. The molecular formula is C13H15ClN4OS. The van der Waals surface area contributed by atoms with Crippen LogP contribution < -0.4 is 10.6 Å². The van der Waals surface area contributed by atoms with Crippen molar-refractivity contribution in [3.63, 3.8) is 0 Å². The smallest absolute Gasteiger partial charge is 0.271 e. The van der Waals surface area contributed by atoms with Crippen LogP contribution in [0.4, 0.5) is 5.82 Å². The summed E-state index contributed by atoms with van der Waals surface area (Å²) >= 11 is 7.51. The molecule has 2 aromatic heterocycles. The Kier molecular flexibility index (Phi) is 5.31. The Bertz CT molecular complexity index is 574. The number of hydrogen-bond donors (Lipinski definition) is 2. The van der Waals surface area contributed by atoms with Gasteiger partial charge in [0.25, 0.3) is 5.91 Å². The van der Waals surface area contributed by atoms with Crippen LogP contribution >= 0.6 is 22.9 Å². The van der Waals surface area contributed by atoms with Crippen molar-refractivity contribution >= 4 is 34.7 Å². The van der Waals surface area contributed by atoms with Crippen LogP contribution in [0.1, 0.15) is 29.5 Å². The highest BCUT2D eigenvalue weighted by atomic mass is 35.5. The lowest BCUT2D eigenvalue weighted by atomic mass is 10.3. The van der Waals surface area contributed by atoms with Gasteiger partial charge in [-0.1, -0.05) is 18.5 Å². The zero-order valence-electron chi connectivity index (χ0n) is 11.0. The number of amides is 1. The molecule has 106 valence electrons. The fourth-order valence-electron chi connectivity index (χ4n) is 1.53. The summed E-state index contributed by atoms with van der Waals surface area (Å²) in [6, 6.07) is 3.43. The lowest BCUT2D eigenvalue weighted by Gasteiger charge is -2.08. The molecule has 0 saturated heterocycles. The van der Waals surface area contributed by atoms with Gasteiger partial charge in [-0.15, -0.1) is 11.3 Å². The first-order valence-corrected chi connectivity index (χ1v) is 7.58. The highest BCUT2D eigenvalue weighted by molar-refractivity contribution is 7.07. The average molecular weight is 311 g/mol. The Balaban J connectivity index is 2.04. The number of anilines is 1. The molecule has 2 aromatic rings. The maximum absolute atomic E-state index is 12.1. The Morgan fingerprint density at radius 3 is 3.00 bits per heavy atom. The number of thiazole rings is 1. The molecule has 0 bridgehead atoms. The summed E-state index contributed by atoms with van der Waals surface area (Å²) in [6.07, 6.45) is 0.982. The van der Waals surface area contributed by atoms with E-state index in [4.69, 9.17) is 11.6 Å². The largest absolute Gasteiger partial charge is 0.370 e. The Morgan fingerprint density at radius 1 is 1.45 bits per heavy atom. The number of pyridine rings is 1. The molecule has 0 spiro atoms. The Hall–Kier alpha value is -1.66. The minimum absolute atomic E-state index is 0.225. The highest BCUT2D eigenvalue weighted by Gasteiger charge is 2.13. The lowest BCUT2D eigenvalue weighted by molar-refractivity contribution is 0.0946. The van der Waals surface area contributed by atoms with Crippen molar-refractivity contribution in [1.29, 1.82) is 0 Å². The van der Waals surface area contributed by atoms with E-state index in [0.717, 1.165) is 18.7 Å². The van der Waals surface area contributed by atoms with Crippen LogP contribution in [0.15, 0.2) is 23.0 Å². The minimum atomic E-state index is -0.303. The second-order valence-corrected chi connectivity index (χ2v) is 5.24. The lowest BCUT2D eigenvalue weighted by Crippen LogP contribution is -2.24. The van der Waals surface area contributed by atoms with E-state index in [1.807, 2.05) is 5.38 Å². The molecule has 2 N–H and O–H groups in total. The van der Waals surface area contributed by atoms with Crippen LogP contribution in [-0.2, 0) is 6.54 Å². The third kappa shape index (κ3) is 3.91. The number of nitrogens with zero attached hydrogens (tertiary/aromatic N) is 2. The monoisotopic (exact) mass is 310 g/mol. The van der Waals surface area contributed by atoms with Crippen molar-refractivity contribution in [2.24, 2.45) is 0 Å². The van der Waals surface area contributed by atoms with Gasteiger partial charge in [0.05, 0.1) is 22.8 Å². The van der Waals surface area contributed by atoms with E-state index in [-0.39, 0.29) is 11.6 Å². The number of aromatic nitrogens is 2. The Morgan fingerprint density at radius 2 is 2.30 bits per heavy atom. The number of carbonyl (C=O) groups excluding carboxylic acids is 1. The number of halogens is 1. The van der Waals surface area contributed by atoms with Gasteiger partial charge in [0.1, 0.15) is 11.5 Å². The molecule has 2 heterocycles. The average Bonchev–Trinajstić information content (AvgIpc) is 2.97. The second-order valence-electron chi connectivity index (χ2n) is 4.12. The van der Waals surface area contributed by atoms with E-state index in [1.54, 1.807) is 17.6 Å². The normalized spacial score (nSPS) is 10.3. The molecular weight excluding hydrogens is 296 g/mol. The fraction of sp³-hybridized carbons (Fsp3) is 0.308. The van der Waals surface area contributed by atoms with Crippen LogP contribution in [0.5, 0.6) is 0 Å². The van der Waals surface area contributed by atoms with E-state index in [9.17, 15) is 4.79 Å². The predicted molar refractivity (Wildman–Crippen MR) is 81.3 cm³/mol. The van der Waals surface area contributed by atoms with Gasteiger partial charge in [-0.3, -0.25) is 4.79 Å². The topological polar surface area (TPSA) is 66.9 Å². The van der Waals surface area contributed by atoms with Crippen LogP contribution in [0.2, 0.25) is 5.02 Å². The second kappa shape index (κ2) is 7.21. The van der Waals surface area contributed by atoms with Crippen molar-refractivity contribution in [3.05, 3.63) is 39.4 Å². The van der Waals surface area contributed by atoms with Crippen molar-refractivity contribution in [2.45, 2.75) is 19.9 Å². The molecule has 0 fully saturated rings. The Labute approximate surface area is 126 Å². The van der Waals surface area contributed by atoms with Gasteiger partial charge >= 0.3 is 0 Å². The molecule has 20 heavy (non-hydrogen) atoms. The molecule has 0 aliphatic carbocycles. The molecule has 1 amide bonds. The van der Waals surface area contributed by atoms with Gasteiger partial charge < -0.3 is 10.6 Å². The molecule has 5 nitrogen and oxygen atoms in total. The zero-order valence-corrected chi connectivity index (χ0v) is 12.6. The molecule has 0 unspecified atom stereocenters. The number of carbonyl (C=O) groups is 1. The fourth-order valence-corrected chi connectivity index (χ4v) is 2.28. The third-order valence-electron chi connectivity index (χ3n) is 2.53. The summed E-state index contributed by atoms with van der Waals surface area (Å²) in [5, 5.41) is 8.10. The number of nitrogens with one attached hydrogen (secondary N) is 2. The molecule has 0 aliphatic rings. The van der Waals surface area contributed by atoms with Gasteiger partial charge in [0.2, 0.25) is 0 Å². The van der Waals surface area contributed by atoms with E-state index in [1.165, 1.54) is 11.3 Å². The first-order valence-electron chi connectivity index (χ1n) is 6.26. The highest BCUT2D eigenvalue weighted by Crippen LogP contribution is 2.17. The van der Waals surface area contributed by atoms with Gasteiger partial charge in [-0.05, 0) is 18.6 Å². The molecule has 0 radical (unpaired) electrons. The van der Waals surface area contributed by atoms with Crippen LogP contribution in [0.3, 0.4) is 0 Å². The van der Waals surface area contributed by atoms with E-state index < -0.39 is 0 Å². The molecule has 0 atom stereocenters. The minimum Gasteiger partial charge on any atom is -0.370 e. The van der Waals surface area contributed by atoms with E-state index in [0.29, 0.717) is 17.4 Å². The van der Waals surface area contributed by atoms with Crippen molar-refractivity contribution in [2.75, 3.05) is 11.9 Å². The standard InChI is InChI=1S/C13H15ClN4OS/c1-2-5-15-11-4-3-10(14)12(18-11)13(19)16-6-9-7-20-8-17-9/h3-4,7-8H,2,5-6H2,1H3,(H,15,18)(H,16,19). The maximum atomic E-state index is 12.1. The first-order chi connectivity index (χ1) is 9.70. The molecule has 0 saturated carbocycles. The quantitative estimate of drug-likeness (QED) is 0.861. The van der Waals surface area contributed by atoms with Crippen molar-refractivity contribution in [1.82, 2.24) is 15.3 Å². The first kappa shape index (κ1) is 14.7. The molecule has 7 heteroatoms. The summed E-state index contributed by atoms with van der Waals surface area (Å²) in [6.45, 7) is 3.23. The van der Waals surface area contributed by atoms with Crippen LogP contribution in [0.25, 0.3) is 0 Å². The predicted octanol–water partition coefficient (Wildman–Crippen LogP) is 2.94. The summed E-state index contributed by atoms with van der Waals surface area (Å²) in [5.41, 5.74) is 2.77. The molecule has 0 aliphatic heterocycles. The van der Waals surface area contributed by atoms with Crippen LogP contribution in [-0.4, -0.2) is 22.4 Å². The summed E-state index contributed by atoms with van der Waals surface area (Å²) in [5.74, 6) is 0.346. The molecule has 0 aromatic carbocycles. The van der Waals surface area contributed by atoms with E-state index >= 15 is 0 Å². The van der Waals surface area contributed by atoms with Gasteiger partial charge in [-0.25, -0.2) is 9.97 Å².